The van der Waals surface area contributed by atoms with E-state index in [2.05, 4.69) is 31.0 Å². The van der Waals surface area contributed by atoms with Crippen molar-refractivity contribution in [2.45, 2.75) is 52.5 Å². The predicted octanol–water partition coefficient (Wildman–Crippen LogP) is 2.02. The van der Waals surface area contributed by atoms with Gasteiger partial charge in [-0.1, -0.05) is 13.8 Å². The summed E-state index contributed by atoms with van der Waals surface area (Å²) in [5, 5.41) is 3.29. The molecule has 1 N–H and O–H groups in total. The maximum absolute atomic E-state index is 12.1. The number of nitrogens with zero attached hydrogens (tertiary/aromatic N) is 1. The Morgan fingerprint density at radius 1 is 1.44 bits per heavy atom. The van der Waals surface area contributed by atoms with Crippen molar-refractivity contribution in [2.24, 2.45) is 5.92 Å². The summed E-state index contributed by atoms with van der Waals surface area (Å²) in [6, 6.07) is 0.302. The Labute approximate surface area is 99.6 Å². The molecule has 1 fully saturated rings. The third-order valence-corrected chi connectivity index (χ3v) is 3.06. The number of rotatable bonds is 8. The minimum Gasteiger partial charge on any atom is -0.342 e. The molecule has 0 saturated heterocycles. The fraction of sp³-hybridized carbons (Fsp3) is 0.923. The first-order valence-corrected chi connectivity index (χ1v) is 6.68. The molecule has 0 heterocycles. The van der Waals surface area contributed by atoms with Gasteiger partial charge < -0.3 is 10.2 Å². The standard InChI is InChI=1S/C13H26N2O/c1-4-8-15(10-12-6-7-12)13(16)9-11(3)14-5-2/h11-12,14H,4-10H2,1-3H3. The van der Waals surface area contributed by atoms with Crippen LogP contribution in [0.2, 0.25) is 0 Å². The lowest BCUT2D eigenvalue weighted by atomic mass is 10.2. The fourth-order valence-electron chi connectivity index (χ4n) is 2.01. The van der Waals surface area contributed by atoms with E-state index in [1.807, 2.05) is 0 Å². The largest absolute Gasteiger partial charge is 0.342 e. The molecule has 1 amide bonds. The van der Waals surface area contributed by atoms with Crippen LogP contribution >= 0.6 is 0 Å². The van der Waals surface area contributed by atoms with Gasteiger partial charge in [0.1, 0.15) is 0 Å². The van der Waals surface area contributed by atoms with Crippen molar-refractivity contribution in [3.05, 3.63) is 0 Å². The van der Waals surface area contributed by atoms with E-state index in [0.717, 1.165) is 32.0 Å². The normalized spacial score (nSPS) is 17.2. The van der Waals surface area contributed by atoms with Crippen LogP contribution in [0, 0.1) is 5.92 Å². The quantitative estimate of drug-likeness (QED) is 0.687. The molecular weight excluding hydrogens is 200 g/mol. The van der Waals surface area contributed by atoms with Crippen LogP contribution in [0.5, 0.6) is 0 Å². The van der Waals surface area contributed by atoms with Gasteiger partial charge in [0.05, 0.1) is 0 Å². The number of carbonyl (C=O) groups excluding carboxylic acids is 1. The molecule has 94 valence electrons. The summed E-state index contributed by atoms with van der Waals surface area (Å²) in [4.78, 5) is 14.1. The fourth-order valence-corrected chi connectivity index (χ4v) is 2.01. The minimum absolute atomic E-state index is 0.302. The van der Waals surface area contributed by atoms with E-state index in [1.54, 1.807) is 0 Å². The predicted molar refractivity (Wildman–Crippen MR) is 67.4 cm³/mol. The monoisotopic (exact) mass is 226 g/mol. The smallest absolute Gasteiger partial charge is 0.224 e. The molecular formula is C13H26N2O. The Bertz CT molecular complexity index is 214. The van der Waals surface area contributed by atoms with E-state index in [9.17, 15) is 4.79 Å². The molecule has 0 spiro atoms. The van der Waals surface area contributed by atoms with Crippen LogP contribution in [0.1, 0.15) is 46.5 Å². The highest BCUT2D eigenvalue weighted by Gasteiger charge is 2.26. The van der Waals surface area contributed by atoms with Gasteiger partial charge in [0.2, 0.25) is 5.91 Å². The van der Waals surface area contributed by atoms with Gasteiger partial charge in [-0.3, -0.25) is 4.79 Å². The van der Waals surface area contributed by atoms with Gasteiger partial charge in [-0.15, -0.1) is 0 Å². The van der Waals surface area contributed by atoms with Gasteiger partial charge in [0.15, 0.2) is 0 Å². The van der Waals surface area contributed by atoms with Crippen LogP contribution in [0.15, 0.2) is 0 Å². The molecule has 1 saturated carbocycles. The topological polar surface area (TPSA) is 32.3 Å². The second kappa shape index (κ2) is 6.89. The molecule has 0 aromatic rings. The molecule has 1 atom stereocenters. The van der Waals surface area contributed by atoms with E-state index >= 15 is 0 Å². The Morgan fingerprint density at radius 2 is 2.12 bits per heavy atom. The summed E-state index contributed by atoms with van der Waals surface area (Å²) in [6.07, 6.45) is 4.33. The average Bonchev–Trinajstić information content (AvgIpc) is 3.01. The third-order valence-electron chi connectivity index (χ3n) is 3.06. The van der Waals surface area contributed by atoms with Crippen LogP contribution in [0.25, 0.3) is 0 Å². The lowest BCUT2D eigenvalue weighted by Gasteiger charge is -2.24. The van der Waals surface area contributed by atoms with E-state index < -0.39 is 0 Å². The zero-order chi connectivity index (χ0) is 12.0. The maximum atomic E-state index is 12.1. The highest BCUT2D eigenvalue weighted by molar-refractivity contribution is 5.76. The van der Waals surface area contributed by atoms with Crippen LogP contribution in [-0.2, 0) is 4.79 Å². The van der Waals surface area contributed by atoms with E-state index in [-0.39, 0.29) is 0 Å². The van der Waals surface area contributed by atoms with E-state index in [1.165, 1.54) is 12.8 Å². The van der Waals surface area contributed by atoms with Gasteiger partial charge in [0, 0.05) is 25.6 Å². The molecule has 1 aliphatic carbocycles. The number of hydrogen-bond acceptors (Lipinski definition) is 2. The van der Waals surface area contributed by atoms with Gasteiger partial charge in [0.25, 0.3) is 0 Å². The number of carbonyl (C=O) groups is 1. The first-order chi connectivity index (χ1) is 7.67. The molecule has 16 heavy (non-hydrogen) atoms. The van der Waals surface area contributed by atoms with Gasteiger partial charge in [-0.25, -0.2) is 0 Å². The molecule has 1 aliphatic rings. The molecule has 1 rings (SSSR count). The molecule has 1 unspecified atom stereocenters. The molecule has 0 aliphatic heterocycles. The summed E-state index contributed by atoms with van der Waals surface area (Å²) < 4.78 is 0. The van der Waals surface area contributed by atoms with Crippen LogP contribution in [-0.4, -0.2) is 36.5 Å². The number of amides is 1. The first-order valence-electron chi connectivity index (χ1n) is 6.68. The summed E-state index contributed by atoms with van der Waals surface area (Å²) in [7, 11) is 0. The van der Waals surface area contributed by atoms with Crippen molar-refractivity contribution in [1.29, 1.82) is 0 Å². The summed E-state index contributed by atoms with van der Waals surface area (Å²) in [5.74, 6) is 1.12. The second-order valence-corrected chi connectivity index (χ2v) is 4.95. The summed E-state index contributed by atoms with van der Waals surface area (Å²) in [5.41, 5.74) is 0. The van der Waals surface area contributed by atoms with Crippen molar-refractivity contribution in [3.8, 4) is 0 Å². The van der Waals surface area contributed by atoms with E-state index in [0.29, 0.717) is 18.4 Å². The minimum atomic E-state index is 0.302. The molecule has 0 bridgehead atoms. The Kier molecular flexibility index (Phi) is 5.81. The van der Waals surface area contributed by atoms with Crippen molar-refractivity contribution < 1.29 is 4.79 Å². The Balaban J connectivity index is 2.32. The van der Waals surface area contributed by atoms with Crippen LogP contribution in [0.3, 0.4) is 0 Å². The SMILES string of the molecule is CCCN(CC1CC1)C(=O)CC(C)NCC. The van der Waals surface area contributed by atoms with Crippen molar-refractivity contribution in [3.63, 3.8) is 0 Å². The van der Waals surface area contributed by atoms with Gasteiger partial charge in [-0.2, -0.15) is 0 Å². The highest BCUT2D eigenvalue weighted by Crippen LogP contribution is 2.29. The summed E-state index contributed by atoms with van der Waals surface area (Å²) in [6.45, 7) is 9.16. The van der Waals surface area contributed by atoms with Crippen LogP contribution < -0.4 is 5.32 Å². The van der Waals surface area contributed by atoms with Crippen molar-refractivity contribution >= 4 is 5.91 Å². The third kappa shape index (κ3) is 4.97. The lowest BCUT2D eigenvalue weighted by Crippen LogP contribution is -2.38. The number of nitrogens with one attached hydrogen (secondary N) is 1. The second-order valence-electron chi connectivity index (χ2n) is 4.95. The zero-order valence-corrected chi connectivity index (χ0v) is 11.0. The summed E-state index contributed by atoms with van der Waals surface area (Å²) >= 11 is 0. The van der Waals surface area contributed by atoms with Crippen LogP contribution in [0.4, 0.5) is 0 Å². The molecule has 3 heteroatoms. The van der Waals surface area contributed by atoms with Gasteiger partial charge >= 0.3 is 0 Å². The van der Waals surface area contributed by atoms with E-state index in [4.69, 9.17) is 0 Å². The molecule has 0 radical (unpaired) electrons. The van der Waals surface area contributed by atoms with Crippen molar-refractivity contribution in [1.82, 2.24) is 10.2 Å². The molecule has 0 aromatic heterocycles. The van der Waals surface area contributed by atoms with Crippen molar-refractivity contribution in [2.75, 3.05) is 19.6 Å². The Morgan fingerprint density at radius 3 is 2.62 bits per heavy atom. The average molecular weight is 226 g/mol. The molecule has 3 nitrogen and oxygen atoms in total. The highest BCUT2D eigenvalue weighted by atomic mass is 16.2. The Hall–Kier alpha value is -0.570. The molecule has 0 aromatic carbocycles. The van der Waals surface area contributed by atoms with Gasteiger partial charge in [-0.05, 0) is 38.6 Å². The number of hydrogen-bond donors (Lipinski definition) is 1. The lowest BCUT2D eigenvalue weighted by molar-refractivity contribution is -0.132. The zero-order valence-electron chi connectivity index (χ0n) is 11.0. The first kappa shape index (κ1) is 13.5. The maximum Gasteiger partial charge on any atom is 0.224 e.